The topological polar surface area (TPSA) is 81.0 Å². The average molecular weight is 533 g/mol. The first kappa shape index (κ1) is 25.9. The summed E-state index contributed by atoms with van der Waals surface area (Å²) in [5.74, 6) is -1.58. The average Bonchev–Trinajstić information content (AvgIpc) is 3.55. The highest BCUT2D eigenvalue weighted by Gasteiger charge is 2.41. The number of alkyl halides is 6. The van der Waals surface area contributed by atoms with E-state index in [1.54, 1.807) is 6.92 Å². The zero-order chi connectivity index (χ0) is 26.6. The van der Waals surface area contributed by atoms with E-state index in [4.69, 9.17) is 0 Å². The van der Waals surface area contributed by atoms with E-state index in [1.165, 1.54) is 31.9 Å². The van der Waals surface area contributed by atoms with E-state index in [1.807, 2.05) is 0 Å². The van der Waals surface area contributed by atoms with Gasteiger partial charge in [-0.3, -0.25) is 14.2 Å². The van der Waals surface area contributed by atoms with Crippen LogP contribution >= 0.6 is 11.8 Å². The number of carbonyl (C=O) groups is 1. The minimum absolute atomic E-state index is 0.0804. The minimum atomic E-state index is -4.85. The van der Waals surface area contributed by atoms with Crippen LogP contribution in [0.15, 0.2) is 27.9 Å². The summed E-state index contributed by atoms with van der Waals surface area (Å²) in [6, 6.07) is 2.66. The van der Waals surface area contributed by atoms with Crippen molar-refractivity contribution in [3.8, 4) is 0 Å². The first-order valence-corrected chi connectivity index (χ1v) is 11.8. The largest absolute Gasteiger partial charge is 0.449 e. The summed E-state index contributed by atoms with van der Waals surface area (Å²) in [7, 11) is 2.54. The summed E-state index contributed by atoms with van der Waals surface area (Å²) in [6.07, 6.45) is -8.72. The molecule has 0 unspecified atom stereocenters. The van der Waals surface area contributed by atoms with Gasteiger partial charge in [0.05, 0.1) is 22.3 Å². The molecule has 0 spiro atoms. The number of hydrogen-bond acceptors (Lipinski definition) is 5. The molecule has 0 bridgehead atoms. The second-order valence-electron chi connectivity index (χ2n) is 8.19. The lowest BCUT2D eigenvalue weighted by molar-refractivity contribution is -0.146. The van der Waals surface area contributed by atoms with Crippen LogP contribution < -0.4 is 16.2 Å². The number of hydrogen-bond donors (Lipinski definition) is 2. The predicted molar refractivity (Wildman–Crippen MR) is 124 cm³/mol. The van der Waals surface area contributed by atoms with Crippen LogP contribution in [0.3, 0.4) is 0 Å². The smallest absolute Gasteiger partial charge is 0.382 e. The normalized spacial score (nSPS) is 14.4. The number of nitrogens with one attached hydrogen (secondary N) is 2. The SMILES string of the molecule is CCSc1cc2c(cc1C(=O)Nc1cc(C(F)(F)F)n(C3CC3)c(=O)c1NC)nc(C(F)(F)F)n2C. The second kappa shape index (κ2) is 9.05. The van der Waals surface area contributed by atoms with Gasteiger partial charge in [0.15, 0.2) is 0 Å². The van der Waals surface area contributed by atoms with Crippen LogP contribution in [-0.4, -0.2) is 32.8 Å². The molecule has 0 saturated heterocycles. The zero-order valence-electron chi connectivity index (χ0n) is 19.3. The number of amides is 1. The molecule has 2 N–H and O–H groups in total. The molecule has 0 aliphatic heterocycles. The zero-order valence-corrected chi connectivity index (χ0v) is 20.1. The van der Waals surface area contributed by atoms with Crippen molar-refractivity contribution in [3.63, 3.8) is 0 Å². The number of fused-ring (bicyclic) bond motifs is 1. The number of imidazole rings is 1. The molecule has 3 aromatic rings. The summed E-state index contributed by atoms with van der Waals surface area (Å²) in [5, 5.41) is 4.91. The highest BCUT2D eigenvalue weighted by atomic mass is 32.2. The van der Waals surface area contributed by atoms with Gasteiger partial charge in [0.1, 0.15) is 11.4 Å². The van der Waals surface area contributed by atoms with Crippen molar-refractivity contribution in [2.24, 2.45) is 7.05 Å². The Labute approximate surface area is 204 Å². The summed E-state index contributed by atoms with van der Waals surface area (Å²) >= 11 is 1.17. The highest BCUT2D eigenvalue weighted by Crippen LogP contribution is 2.41. The summed E-state index contributed by atoms with van der Waals surface area (Å²) in [5.41, 5.74) is -2.79. The minimum Gasteiger partial charge on any atom is -0.382 e. The van der Waals surface area contributed by atoms with E-state index in [0.717, 1.165) is 10.6 Å². The Bertz CT molecular complexity index is 1410. The van der Waals surface area contributed by atoms with Gasteiger partial charge in [-0.2, -0.15) is 26.3 Å². The Balaban J connectivity index is 1.83. The summed E-state index contributed by atoms with van der Waals surface area (Å²) < 4.78 is 82.9. The molecule has 1 amide bonds. The van der Waals surface area contributed by atoms with Crippen molar-refractivity contribution >= 4 is 40.1 Å². The lowest BCUT2D eigenvalue weighted by Crippen LogP contribution is -2.30. The van der Waals surface area contributed by atoms with E-state index >= 15 is 0 Å². The molecule has 1 fully saturated rings. The number of rotatable bonds is 6. The van der Waals surface area contributed by atoms with E-state index in [0.29, 0.717) is 34.1 Å². The number of benzene rings is 1. The molecule has 1 aromatic carbocycles. The number of thioether (sulfide) groups is 1. The van der Waals surface area contributed by atoms with Crippen molar-refractivity contribution in [2.75, 3.05) is 23.4 Å². The highest BCUT2D eigenvalue weighted by molar-refractivity contribution is 7.99. The fourth-order valence-electron chi connectivity index (χ4n) is 3.99. The maximum absolute atomic E-state index is 13.8. The van der Waals surface area contributed by atoms with Gasteiger partial charge in [-0.15, -0.1) is 11.8 Å². The third-order valence-electron chi connectivity index (χ3n) is 5.72. The Hall–Kier alpha value is -3.16. The Morgan fingerprint density at radius 2 is 1.81 bits per heavy atom. The van der Waals surface area contributed by atoms with Crippen LogP contribution in [0.2, 0.25) is 0 Å². The van der Waals surface area contributed by atoms with Gasteiger partial charge in [-0.25, -0.2) is 4.98 Å². The van der Waals surface area contributed by atoms with E-state index in [-0.39, 0.29) is 28.0 Å². The first-order chi connectivity index (χ1) is 16.8. The van der Waals surface area contributed by atoms with Crippen LogP contribution in [-0.2, 0) is 19.4 Å². The van der Waals surface area contributed by atoms with Gasteiger partial charge in [-0.1, -0.05) is 6.92 Å². The molecule has 1 aliphatic carbocycles. The molecular formula is C22H21F6N5O2S. The lowest BCUT2D eigenvalue weighted by Gasteiger charge is -2.20. The van der Waals surface area contributed by atoms with Crippen LogP contribution in [0, 0.1) is 0 Å². The quantitative estimate of drug-likeness (QED) is 0.323. The Morgan fingerprint density at radius 1 is 1.14 bits per heavy atom. The van der Waals surface area contributed by atoms with E-state index in [2.05, 4.69) is 15.6 Å². The number of pyridine rings is 1. The second-order valence-corrected chi connectivity index (χ2v) is 9.49. The predicted octanol–water partition coefficient (Wildman–Crippen LogP) is 5.51. The number of aromatic nitrogens is 3. The lowest BCUT2D eigenvalue weighted by atomic mass is 10.1. The molecule has 2 aromatic heterocycles. The molecule has 2 heterocycles. The number of anilines is 2. The summed E-state index contributed by atoms with van der Waals surface area (Å²) in [4.78, 5) is 30.0. The molecule has 7 nitrogen and oxygen atoms in total. The third kappa shape index (κ3) is 4.65. The van der Waals surface area contributed by atoms with Crippen molar-refractivity contribution in [3.05, 3.63) is 45.6 Å². The van der Waals surface area contributed by atoms with Gasteiger partial charge in [0.25, 0.3) is 11.5 Å². The Morgan fingerprint density at radius 3 is 2.33 bits per heavy atom. The molecule has 194 valence electrons. The molecule has 14 heteroatoms. The number of aryl methyl sites for hydroxylation is 1. The van der Waals surface area contributed by atoms with Crippen molar-refractivity contribution in [1.82, 2.24) is 14.1 Å². The van der Waals surface area contributed by atoms with Gasteiger partial charge in [-0.05, 0) is 36.8 Å². The number of carbonyl (C=O) groups excluding carboxylic acids is 1. The molecule has 0 atom stereocenters. The van der Waals surface area contributed by atoms with E-state index in [9.17, 15) is 35.9 Å². The fraction of sp³-hybridized carbons (Fsp3) is 0.409. The maximum Gasteiger partial charge on any atom is 0.449 e. The van der Waals surface area contributed by atoms with Gasteiger partial charge >= 0.3 is 12.4 Å². The standard InChI is InChI=1S/C22H21F6N5O2S/c1-4-36-15-9-14-12(31-20(32(14)3)22(26,27)28)7-11(15)18(34)30-13-8-16(21(23,24)25)33(10-5-6-10)19(35)17(13)29-2/h7-10,29H,4-6H2,1-3H3,(H,30,34). The fourth-order valence-corrected chi connectivity index (χ4v) is 4.81. The first-order valence-electron chi connectivity index (χ1n) is 10.8. The summed E-state index contributed by atoms with van der Waals surface area (Å²) in [6.45, 7) is 1.77. The van der Waals surface area contributed by atoms with Gasteiger partial charge in [0, 0.05) is 25.0 Å². The van der Waals surface area contributed by atoms with Gasteiger partial charge < -0.3 is 15.2 Å². The molecule has 36 heavy (non-hydrogen) atoms. The van der Waals surface area contributed by atoms with Crippen LogP contribution in [0.25, 0.3) is 11.0 Å². The third-order valence-corrected chi connectivity index (χ3v) is 6.66. The van der Waals surface area contributed by atoms with Crippen molar-refractivity contribution < 1.29 is 31.1 Å². The van der Waals surface area contributed by atoms with Crippen molar-refractivity contribution in [2.45, 2.75) is 43.1 Å². The molecule has 1 saturated carbocycles. The van der Waals surface area contributed by atoms with Gasteiger partial charge in [0.2, 0.25) is 5.82 Å². The molecule has 0 radical (unpaired) electrons. The van der Waals surface area contributed by atoms with Crippen LogP contribution in [0.1, 0.15) is 47.7 Å². The van der Waals surface area contributed by atoms with E-state index < -0.39 is 41.4 Å². The monoisotopic (exact) mass is 533 g/mol. The number of halogens is 6. The molecule has 4 rings (SSSR count). The number of nitrogens with zero attached hydrogens (tertiary/aromatic N) is 3. The van der Waals surface area contributed by atoms with Crippen molar-refractivity contribution in [1.29, 1.82) is 0 Å². The van der Waals surface area contributed by atoms with Crippen LogP contribution in [0.5, 0.6) is 0 Å². The molecular weight excluding hydrogens is 512 g/mol. The Kier molecular flexibility index (Phi) is 6.52. The maximum atomic E-state index is 13.8. The molecule has 1 aliphatic rings. The van der Waals surface area contributed by atoms with Crippen LogP contribution in [0.4, 0.5) is 37.7 Å².